The molecule has 1 aliphatic heterocycles. The highest BCUT2D eigenvalue weighted by molar-refractivity contribution is 6.29. The van der Waals surface area contributed by atoms with Crippen molar-refractivity contribution >= 4 is 17.6 Å². The third kappa shape index (κ3) is 8.06. The number of likely N-dealkylation sites (tertiary alicyclic amines) is 1. The van der Waals surface area contributed by atoms with Crippen molar-refractivity contribution < 1.29 is 0 Å². The molecule has 25 heavy (non-hydrogen) atoms. The number of nitrogens with one attached hydrogen (secondary N) is 2. The van der Waals surface area contributed by atoms with Gasteiger partial charge in [0.15, 0.2) is 5.96 Å². The van der Waals surface area contributed by atoms with E-state index in [0.29, 0.717) is 5.15 Å². The Morgan fingerprint density at radius 2 is 2.16 bits per heavy atom. The molecule has 5 nitrogen and oxygen atoms in total. The Labute approximate surface area is 157 Å². The number of aromatic nitrogens is 1. The van der Waals surface area contributed by atoms with Gasteiger partial charge in [0, 0.05) is 32.9 Å². The van der Waals surface area contributed by atoms with Gasteiger partial charge in [0.25, 0.3) is 0 Å². The second-order valence-corrected chi connectivity index (χ2v) is 7.31. The van der Waals surface area contributed by atoms with E-state index in [4.69, 9.17) is 11.6 Å². The Balaban J connectivity index is 1.53. The number of hydrogen-bond acceptors (Lipinski definition) is 3. The van der Waals surface area contributed by atoms with Gasteiger partial charge in [-0.15, -0.1) is 0 Å². The minimum absolute atomic E-state index is 0.535. The third-order valence-corrected chi connectivity index (χ3v) is 4.88. The molecule has 0 bridgehead atoms. The van der Waals surface area contributed by atoms with E-state index in [1.165, 1.54) is 50.9 Å². The highest BCUT2D eigenvalue weighted by Crippen LogP contribution is 2.15. The number of unbranched alkanes of at least 4 members (excludes halogenated alkanes) is 1. The summed E-state index contributed by atoms with van der Waals surface area (Å²) in [6.45, 7) is 7.93. The van der Waals surface area contributed by atoms with E-state index < -0.39 is 0 Å². The Kier molecular flexibility index (Phi) is 9.05. The lowest BCUT2D eigenvalue weighted by atomic mass is 10.0. The molecule has 1 fully saturated rings. The van der Waals surface area contributed by atoms with Gasteiger partial charge in [0.2, 0.25) is 0 Å². The van der Waals surface area contributed by atoms with Crippen molar-refractivity contribution in [3.05, 3.63) is 29.0 Å². The molecule has 1 atom stereocenters. The maximum absolute atomic E-state index is 5.80. The maximum atomic E-state index is 5.80. The van der Waals surface area contributed by atoms with Gasteiger partial charge in [-0.3, -0.25) is 4.99 Å². The first-order valence-corrected chi connectivity index (χ1v) is 9.82. The van der Waals surface area contributed by atoms with Crippen LogP contribution in [0.15, 0.2) is 23.3 Å². The molecule has 0 amide bonds. The number of pyridine rings is 1. The summed E-state index contributed by atoms with van der Waals surface area (Å²) in [6, 6.07) is 3.84. The van der Waals surface area contributed by atoms with Crippen molar-refractivity contribution in [1.82, 2.24) is 20.5 Å². The van der Waals surface area contributed by atoms with Gasteiger partial charge in [-0.1, -0.05) is 24.6 Å². The number of rotatable bonds is 8. The number of guanidine groups is 1. The van der Waals surface area contributed by atoms with Gasteiger partial charge in [0.05, 0.1) is 0 Å². The van der Waals surface area contributed by atoms with E-state index in [1.54, 1.807) is 0 Å². The standard InChI is InChI=1S/C19H32ClN5/c1-16-6-5-13-25(15-16)12-4-3-10-22-19(21-2)23-11-9-17-7-8-18(20)24-14-17/h7-8,14,16H,3-6,9-13,15H2,1-2H3,(H2,21,22,23). The van der Waals surface area contributed by atoms with Crippen molar-refractivity contribution in [1.29, 1.82) is 0 Å². The van der Waals surface area contributed by atoms with E-state index in [-0.39, 0.29) is 0 Å². The fourth-order valence-electron chi connectivity index (χ4n) is 3.26. The molecule has 0 aliphatic carbocycles. The van der Waals surface area contributed by atoms with Crippen LogP contribution in [0.25, 0.3) is 0 Å². The molecule has 2 rings (SSSR count). The Morgan fingerprint density at radius 1 is 1.32 bits per heavy atom. The monoisotopic (exact) mass is 365 g/mol. The van der Waals surface area contributed by atoms with Gasteiger partial charge in [-0.05, 0) is 62.7 Å². The second kappa shape index (κ2) is 11.3. The number of nitrogens with zero attached hydrogens (tertiary/aromatic N) is 3. The van der Waals surface area contributed by atoms with Gasteiger partial charge in [-0.2, -0.15) is 0 Å². The summed E-state index contributed by atoms with van der Waals surface area (Å²) < 4.78 is 0. The average Bonchev–Trinajstić information content (AvgIpc) is 2.61. The van der Waals surface area contributed by atoms with Crippen LogP contribution in [-0.2, 0) is 6.42 Å². The zero-order chi connectivity index (χ0) is 17.9. The first kappa shape index (κ1) is 20.0. The van der Waals surface area contributed by atoms with E-state index in [9.17, 15) is 0 Å². The topological polar surface area (TPSA) is 52.6 Å². The van der Waals surface area contributed by atoms with E-state index in [2.05, 4.69) is 32.4 Å². The van der Waals surface area contributed by atoms with E-state index in [0.717, 1.165) is 31.4 Å². The molecule has 140 valence electrons. The van der Waals surface area contributed by atoms with Gasteiger partial charge in [0.1, 0.15) is 5.15 Å². The summed E-state index contributed by atoms with van der Waals surface area (Å²) in [6.07, 6.45) is 7.89. The molecule has 0 radical (unpaired) electrons. The summed E-state index contributed by atoms with van der Waals surface area (Å²) in [5.74, 6) is 1.74. The smallest absolute Gasteiger partial charge is 0.190 e. The summed E-state index contributed by atoms with van der Waals surface area (Å²) in [7, 11) is 1.81. The average molecular weight is 366 g/mol. The predicted octanol–water partition coefficient (Wildman–Crippen LogP) is 2.95. The first-order valence-electron chi connectivity index (χ1n) is 9.44. The van der Waals surface area contributed by atoms with Gasteiger partial charge >= 0.3 is 0 Å². The Bertz CT molecular complexity index is 517. The SMILES string of the molecule is CN=C(NCCCCN1CCCC(C)C1)NCCc1ccc(Cl)nc1. The van der Waals surface area contributed by atoms with Gasteiger partial charge in [-0.25, -0.2) is 4.98 Å². The zero-order valence-corrected chi connectivity index (χ0v) is 16.4. The Morgan fingerprint density at radius 3 is 2.88 bits per heavy atom. The summed E-state index contributed by atoms with van der Waals surface area (Å²) in [4.78, 5) is 11.0. The van der Waals surface area contributed by atoms with Crippen LogP contribution in [0.4, 0.5) is 0 Å². The first-order chi connectivity index (χ1) is 12.2. The largest absolute Gasteiger partial charge is 0.356 e. The van der Waals surface area contributed by atoms with Crippen molar-refractivity contribution in [2.24, 2.45) is 10.9 Å². The second-order valence-electron chi connectivity index (χ2n) is 6.92. The van der Waals surface area contributed by atoms with Crippen molar-refractivity contribution in [3.8, 4) is 0 Å². The zero-order valence-electron chi connectivity index (χ0n) is 15.6. The van der Waals surface area contributed by atoms with Crippen LogP contribution in [0, 0.1) is 5.92 Å². The molecule has 1 aliphatic rings. The van der Waals surface area contributed by atoms with Crippen molar-refractivity contribution in [2.75, 3.05) is 39.8 Å². The molecule has 0 saturated carbocycles. The molecular formula is C19H32ClN5. The molecule has 1 aromatic rings. The molecule has 2 heterocycles. The molecular weight excluding hydrogens is 334 g/mol. The minimum atomic E-state index is 0.535. The van der Waals surface area contributed by atoms with Crippen molar-refractivity contribution in [2.45, 2.75) is 39.0 Å². The predicted molar refractivity (Wildman–Crippen MR) is 106 cm³/mol. The third-order valence-electron chi connectivity index (χ3n) is 4.65. The molecule has 1 aromatic heterocycles. The number of halogens is 1. The lowest BCUT2D eigenvalue weighted by Crippen LogP contribution is -2.39. The van der Waals surface area contributed by atoms with Crippen LogP contribution in [0.2, 0.25) is 5.15 Å². The number of piperidine rings is 1. The number of hydrogen-bond donors (Lipinski definition) is 2. The fraction of sp³-hybridized carbons (Fsp3) is 0.684. The van der Waals surface area contributed by atoms with Crippen LogP contribution in [0.3, 0.4) is 0 Å². The van der Waals surface area contributed by atoms with E-state index in [1.807, 2.05) is 25.4 Å². The molecule has 0 aromatic carbocycles. The van der Waals surface area contributed by atoms with Crippen molar-refractivity contribution in [3.63, 3.8) is 0 Å². The highest BCUT2D eigenvalue weighted by Gasteiger charge is 2.15. The van der Waals surface area contributed by atoms with Crippen LogP contribution < -0.4 is 10.6 Å². The maximum Gasteiger partial charge on any atom is 0.190 e. The fourth-order valence-corrected chi connectivity index (χ4v) is 3.37. The normalized spacial score (nSPS) is 19.0. The molecule has 1 unspecified atom stereocenters. The molecule has 1 saturated heterocycles. The molecule has 6 heteroatoms. The van der Waals surface area contributed by atoms with Crippen LogP contribution in [0.5, 0.6) is 0 Å². The minimum Gasteiger partial charge on any atom is -0.356 e. The summed E-state index contributed by atoms with van der Waals surface area (Å²) in [5, 5.41) is 7.28. The van der Waals surface area contributed by atoms with E-state index >= 15 is 0 Å². The van der Waals surface area contributed by atoms with Crippen LogP contribution in [0.1, 0.15) is 38.2 Å². The van der Waals surface area contributed by atoms with Crippen LogP contribution >= 0.6 is 11.6 Å². The lowest BCUT2D eigenvalue weighted by Gasteiger charge is -2.30. The number of aliphatic imine (C=N–C) groups is 1. The highest BCUT2D eigenvalue weighted by atomic mass is 35.5. The molecule has 2 N–H and O–H groups in total. The lowest BCUT2D eigenvalue weighted by molar-refractivity contribution is 0.181. The van der Waals surface area contributed by atoms with Gasteiger partial charge < -0.3 is 15.5 Å². The quantitative estimate of drug-likeness (QED) is 0.322. The Hall–Kier alpha value is -1.33. The molecule has 0 spiro atoms. The summed E-state index contributed by atoms with van der Waals surface area (Å²) in [5.41, 5.74) is 1.17. The van der Waals surface area contributed by atoms with Crippen LogP contribution in [-0.4, -0.2) is 55.6 Å². The summed E-state index contributed by atoms with van der Waals surface area (Å²) >= 11 is 5.80.